The fraction of sp³-hybridized carbons (Fsp3) is 0. The van der Waals surface area contributed by atoms with Gasteiger partial charge in [-0.2, -0.15) is 55.6 Å². The molecule has 9 rings (SSSR count). The van der Waals surface area contributed by atoms with Crippen LogP contribution in [0.5, 0.6) is 11.5 Å². The van der Waals surface area contributed by atoms with Gasteiger partial charge in [0.15, 0.2) is 17.2 Å². The third kappa shape index (κ3) is 12.6. The van der Waals surface area contributed by atoms with Gasteiger partial charge in [-0.1, -0.05) is 36.4 Å². The Morgan fingerprint density at radius 1 is 0.466 bits per heavy atom. The molecule has 35 nitrogen and oxygen atoms in total. The van der Waals surface area contributed by atoms with E-state index in [1.165, 1.54) is 12.1 Å². The normalized spacial score (nSPS) is 13.1. The van der Waals surface area contributed by atoms with Crippen LogP contribution in [0.3, 0.4) is 0 Å². The van der Waals surface area contributed by atoms with Gasteiger partial charge in [0.25, 0.3) is 72.0 Å². The van der Waals surface area contributed by atoms with Crippen molar-refractivity contribution < 1.29 is 93.0 Å². The number of rotatable bonds is 17. The molecule has 9 aromatic rings. The van der Waals surface area contributed by atoms with Crippen molar-refractivity contribution in [2.45, 2.75) is 29.4 Å². The number of hydrogen-bond acceptors (Lipinski definition) is 26. The van der Waals surface area contributed by atoms with Gasteiger partial charge in [-0.15, -0.1) is 35.8 Å². The molecule has 0 spiro atoms. The molecule has 0 saturated carbocycles. The number of aromatic nitrogens is 2. The Hall–Kier alpha value is -10.1. The van der Waals surface area contributed by atoms with E-state index in [9.17, 15) is 103 Å². The van der Waals surface area contributed by atoms with Crippen LogP contribution in [0.15, 0.2) is 202 Å². The van der Waals surface area contributed by atoms with Crippen molar-refractivity contribution in [2.75, 3.05) is 5.73 Å². The van der Waals surface area contributed by atoms with Crippen LogP contribution < -0.4 is 11.3 Å². The van der Waals surface area contributed by atoms with Crippen LogP contribution >= 0.6 is 0 Å². The molecule has 0 aliphatic heterocycles. The van der Waals surface area contributed by atoms with E-state index in [4.69, 9.17) is 5.73 Å². The molecule has 1 heterocycles. The van der Waals surface area contributed by atoms with Gasteiger partial charge in [0, 0.05) is 33.9 Å². The average molecular weight is 1330 g/mol. The fourth-order valence-electron chi connectivity index (χ4n) is 8.33. The lowest BCUT2D eigenvalue weighted by molar-refractivity contribution is -0.385. The number of aromatic hydroxyl groups is 2. The first-order valence-corrected chi connectivity index (χ1v) is 31.9. The number of non-ortho nitro benzene ring substituents is 1. The smallest absolute Gasteiger partial charge is 0.299 e. The molecule has 0 radical (unpaired) electrons. The molecule has 8 aromatic carbocycles. The molecular weight excluding hydrogens is 1290 g/mol. The van der Waals surface area contributed by atoms with Gasteiger partial charge in [-0.05, 0) is 78.9 Å². The number of nitro benzene ring substituents is 1. The third-order valence-corrected chi connectivity index (χ3v) is 17.6. The molecule has 1 aromatic heterocycles. The van der Waals surface area contributed by atoms with E-state index >= 15 is 0 Å². The monoisotopic (exact) mass is 1320 g/mol. The summed E-state index contributed by atoms with van der Waals surface area (Å²) in [6.45, 7) is 0. The maximum atomic E-state index is 13.8. The van der Waals surface area contributed by atoms with Gasteiger partial charge < -0.3 is 15.9 Å². The lowest BCUT2D eigenvalue weighted by Gasteiger charge is -2.13. The molecule has 0 aliphatic carbocycles. The summed E-state index contributed by atoms with van der Waals surface area (Å²) in [5, 5.41) is 63.9. The van der Waals surface area contributed by atoms with Crippen molar-refractivity contribution in [2.24, 2.45) is 40.9 Å². The molecule has 0 fully saturated rings. The highest BCUT2D eigenvalue weighted by molar-refractivity contribution is 7.87. The predicted molar refractivity (Wildman–Crippen MR) is 303 cm³/mol. The van der Waals surface area contributed by atoms with Gasteiger partial charge in [-0.25, -0.2) is 4.68 Å². The molecule has 0 saturated heterocycles. The number of nitrogen functional groups attached to an aromatic ring is 1. The van der Waals surface area contributed by atoms with Crippen molar-refractivity contribution in [3.8, 4) is 28.4 Å². The number of H-pyrrole nitrogens is 1. The van der Waals surface area contributed by atoms with Gasteiger partial charge in [0.2, 0.25) is 0 Å². The second-order valence-electron chi connectivity index (χ2n) is 17.8. The summed E-state index contributed by atoms with van der Waals surface area (Å²) >= 11 is 0. The van der Waals surface area contributed by atoms with Crippen molar-refractivity contribution in [3.63, 3.8) is 0 Å². The van der Waals surface area contributed by atoms with Gasteiger partial charge in [0.05, 0.1) is 38.0 Å². The van der Waals surface area contributed by atoms with E-state index in [0.717, 1.165) is 65.3 Å². The number of hydrogen-bond donors (Lipinski definition) is 10. The number of azo groups is 4. The Labute approximate surface area is 491 Å². The summed E-state index contributed by atoms with van der Waals surface area (Å²) < 4.78 is 212. The maximum Gasteiger partial charge on any atom is 0.299 e. The van der Waals surface area contributed by atoms with Crippen LogP contribution in [-0.2, 0) is 60.7 Å². The van der Waals surface area contributed by atoms with Crippen LogP contribution in [-0.4, -0.2) is 103 Å². The number of nitro groups is 1. The van der Waals surface area contributed by atoms with Crippen LogP contribution in [0.1, 0.15) is 0 Å². The zero-order valence-electron chi connectivity index (χ0n) is 42.8. The van der Waals surface area contributed by atoms with E-state index in [-0.39, 0.29) is 11.4 Å². The number of fused-ring (bicyclic) bond motifs is 2. The summed E-state index contributed by atoms with van der Waals surface area (Å²) in [7, 11) is -31.8. The van der Waals surface area contributed by atoms with E-state index in [0.29, 0.717) is 29.8 Å². The molecule has 0 bridgehead atoms. The van der Waals surface area contributed by atoms with Crippen molar-refractivity contribution >= 4 is 139 Å². The van der Waals surface area contributed by atoms with E-state index in [1.807, 2.05) is 0 Å². The molecule has 0 unspecified atom stereocenters. The van der Waals surface area contributed by atoms with Gasteiger partial charge in [-0.3, -0.25) is 47.3 Å². The number of phenolic OH excluding ortho intramolecular Hbond substituents is 2. The molecule has 454 valence electrons. The number of nitrogens with two attached hydrogens (primary N) is 1. The second kappa shape index (κ2) is 22.7. The number of nitrogens with zero attached hydrogens (tertiary/aromatic N) is 10. The molecule has 0 aliphatic rings. The minimum Gasteiger partial charge on any atom is -0.505 e. The summed E-state index contributed by atoms with van der Waals surface area (Å²) in [4.78, 5) is 17.5. The van der Waals surface area contributed by atoms with E-state index in [1.54, 1.807) is 30.3 Å². The highest BCUT2D eigenvalue weighted by atomic mass is 32.2. The second-order valence-corrected chi connectivity index (χ2v) is 26.1. The Morgan fingerprint density at radius 2 is 0.989 bits per heavy atom. The van der Waals surface area contributed by atoms with Crippen LogP contribution in [0, 0.1) is 10.1 Å². The molecule has 0 atom stereocenters. The zero-order valence-corrected chi connectivity index (χ0v) is 47.7. The number of anilines is 1. The number of benzene rings is 8. The molecule has 0 amide bonds. The first-order chi connectivity index (χ1) is 40.9. The van der Waals surface area contributed by atoms with Crippen LogP contribution in [0.4, 0.5) is 56.9 Å². The lowest BCUT2D eigenvalue weighted by Crippen LogP contribution is -2.14. The highest BCUT2D eigenvalue weighted by Gasteiger charge is 2.30. The minimum absolute atomic E-state index is 0.00000194. The standard InChI is InChI=1S/C47H32N12O23S6/c48-40-34(21-35(84(68,69)70)28-13-16-32(45(61)39(28)40)52-50-31-15-9-25(59(63)64)19-37(31)86(74,75)76)54-53-33-17-12-27-29(46(33)88(80,81)82)20-38(87(77,78)79)42(44(27)60)55-49-23-6-14-30(36(18-23)85(71,72)73)51-56-43-41(22-4-2-1-3-5-22)57-58(47(43)62)24-7-10-26(11-8-24)83(65,66)67/h1-21,57,60-61H,48H2,(H,65,66,67)(H,68,69,70)(H,71,72,73)(H,74,75,76)(H,77,78,79)(H,80,81,82). The van der Waals surface area contributed by atoms with Crippen molar-refractivity contribution in [1.29, 1.82) is 0 Å². The summed E-state index contributed by atoms with van der Waals surface area (Å²) in [5.41, 5.74) is -1.72. The Morgan fingerprint density at radius 3 is 1.58 bits per heavy atom. The molecule has 41 heteroatoms. The Balaban J connectivity index is 1.10. The SMILES string of the molecule is Nc1c(N=Nc2ccc3c(O)c(N=Nc4ccc(N=Nc5c(-c6ccccc6)[nH]n(-c6ccc(S(=O)(=O)O)cc6)c5=O)c(S(=O)(=O)O)c4)c(S(=O)(=O)O)cc3c2S(=O)(=O)O)cc(S(=O)(=O)O)c2ccc(N=Nc3ccc([N+](=O)[O-])cc3S(=O)(=O)O)c(O)c12. The molecule has 11 N–H and O–H groups in total. The van der Waals surface area contributed by atoms with Crippen molar-refractivity contribution in [3.05, 3.63) is 148 Å². The minimum atomic E-state index is -5.69. The first-order valence-electron chi connectivity index (χ1n) is 23.3. The number of aromatic amines is 1. The average Bonchev–Trinajstić information content (AvgIpc) is 3.74. The van der Waals surface area contributed by atoms with Crippen LogP contribution in [0.25, 0.3) is 38.5 Å². The quantitative estimate of drug-likeness (QED) is 0.0133. The van der Waals surface area contributed by atoms with Crippen molar-refractivity contribution in [1.82, 2.24) is 9.78 Å². The topological polar surface area (TPSA) is 573 Å². The summed E-state index contributed by atoms with van der Waals surface area (Å²) in [5.74, 6) is -2.36. The highest BCUT2D eigenvalue weighted by Crippen LogP contribution is 2.48. The number of nitrogens with one attached hydrogen (secondary N) is 1. The van der Waals surface area contributed by atoms with Crippen LogP contribution in [0.2, 0.25) is 0 Å². The summed E-state index contributed by atoms with van der Waals surface area (Å²) in [6, 6.07) is 21.0. The predicted octanol–water partition coefficient (Wildman–Crippen LogP) is 9.18. The Kier molecular flexibility index (Phi) is 16.1. The largest absolute Gasteiger partial charge is 0.505 e. The van der Waals surface area contributed by atoms with Gasteiger partial charge >= 0.3 is 0 Å². The lowest BCUT2D eigenvalue weighted by atomic mass is 10.1. The maximum absolute atomic E-state index is 13.8. The Bertz CT molecular complexity index is 5410. The van der Waals surface area contributed by atoms with E-state index < -0.39 is 190 Å². The zero-order chi connectivity index (χ0) is 64.4. The third-order valence-electron chi connectivity index (χ3n) is 12.2. The number of phenols is 2. The first kappa shape index (κ1) is 62.5. The van der Waals surface area contributed by atoms with Gasteiger partial charge in [0.1, 0.15) is 58.6 Å². The summed E-state index contributed by atoms with van der Waals surface area (Å²) in [6.07, 6.45) is 0. The molecule has 88 heavy (non-hydrogen) atoms. The molecular formula is C47H32N12O23S6. The van der Waals surface area contributed by atoms with E-state index in [2.05, 4.69) is 46.0 Å². The fourth-order valence-corrected chi connectivity index (χ4v) is 12.3.